The number of carbonyl (C=O) groups is 3. The van der Waals surface area contributed by atoms with Gasteiger partial charge in [0.25, 0.3) is 0 Å². The smallest absolute Gasteiger partial charge is 0.323 e. The molecule has 0 unspecified atom stereocenters. The van der Waals surface area contributed by atoms with Gasteiger partial charge in [-0.1, -0.05) is 48.5 Å². The van der Waals surface area contributed by atoms with Gasteiger partial charge in [-0.15, -0.1) is 0 Å². The molecule has 0 saturated carbocycles. The zero-order valence-electron chi connectivity index (χ0n) is 19.1. The van der Waals surface area contributed by atoms with Gasteiger partial charge < -0.3 is 21.3 Å². The summed E-state index contributed by atoms with van der Waals surface area (Å²) in [6.45, 7) is 0.443. The summed E-state index contributed by atoms with van der Waals surface area (Å²) < 4.78 is 2.89. The van der Waals surface area contributed by atoms with Crippen molar-refractivity contribution < 1.29 is 14.4 Å². The third-order valence-corrected chi connectivity index (χ3v) is 6.21. The second kappa shape index (κ2) is 8.98. The SMILES string of the molecule is Cn1nc(-c2ccccc2)cc1NC(=O)[C@@H]1CCCN1C(=O)Nc1cn(C(N)=O)c2ccccc12. The molecule has 2 aromatic carbocycles. The quantitative estimate of drug-likeness (QED) is 0.420. The molecule has 0 spiro atoms. The van der Waals surface area contributed by atoms with Crippen molar-refractivity contribution in [2.75, 3.05) is 17.2 Å². The highest BCUT2D eigenvalue weighted by molar-refractivity contribution is 6.06. The average Bonchev–Trinajstić information content (AvgIpc) is 3.58. The van der Waals surface area contributed by atoms with Crippen LogP contribution in [0.15, 0.2) is 66.9 Å². The number of nitrogens with two attached hydrogens (primary N) is 1. The Morgan fingerprint density at radius 2 is 1.77 bits per heavy atom. The van der Waals surface area contributed by atoms with Crippen LogP contribution in [0.1, 0.15) is 12.8 Å². The van der Waals surface area contributed by atoms with Crippen LogP contribution >= 0.6 is 0 Å². The Morgan fingerprint density at radius 3 is 2.54 bits per heavy atom. The zero-order chi connectivity index (χ0) is 24.5. The van der Waals surface area contributed by atoms with E-state index in [-0.39, 0.29) is 5.91 Å². The van der Waals surface area contributed by atoms with Crippen LogP contribution < -0.4 is 16.4 Å². The Balaban J connectivity index is 1.32. The molecule has 10 heteroatoms. The number of hydrogen-bond donors (Lipinski definition) is 3. The normalized spacial score (nSPS) is 15.3. The maximum atomic E-state index is 13.2. The minimum absolute atomic E-state index is 0.278. The van der Waals surface area contributed by atoms with E-state index in [1.807, 2.05) is 42.5 Å². The van der Waals surface area contributed by atoms with Gasteiger partial charge in [0, 0.05) is 36.8 Å². The number of carbonyl (C=O) groups excluding carboxylic acids is 3. The molecule has 4 N–H and O–H groups in total. The number of para-hydroxylation sites is 1. The molecule has 1 atom stereocenters. The second-order valence-electron chi connectivity index (χ2n) is 8.44. The van der Waals surface area contributed by atoms with E-state index >= 15 is 0 Å². The molecule has 1 saturated heterocycles. The van der Waals surface area contributed by atoms with Gasteiger partial charge in [0.2, 0.25) is 5.91 Å². The predicted molar refractivity (Wildman–Crippen MR) is 133 cm³/mol. The summed E-state index contributed by atoms with van der Waals surface area (Å²) in [6, 6.07) is 17.0. The predicted octanol–water partition coefficient (Wildman–Crippen LogP) is 3.60. The molecule has 0 radical (unpaired) electrons. The first kappa shape index (κ1) is 22.2. The number of urea groups is 1. The number of amides is 4. The summed E-state index contributed by atoms with van der Waals surface area (Å²) in [4.78, 5) is 39.6. The van der Waals surface area contributed by atoms with Crippen LogP contribution in [0.5, 0.6) is 0 Å². The van der Waals surface area contributed by atoms with E-state index in [0.717, 1.165) is 11.3 Å². The van der Waals surface area contributed by atoms with E-state index in [2.05, 4.69) is 15.7 Å². The molecule has 5 rings (SSSR count). The molecule has 4 amide bonds. The van der Waals surface area contributed by atoms with E-state index in [4.69, 9.17) is 5.73 Å². The Bertz CT molecular complexity index is 1420. The third kappa shape index (κ3) is 4.21. The van der Waals surface area contributed by atoms with Crippen LogP contribution in [0.25, 0.3) is 22.2 Å². The largest absolute Gasteiger partial charge is 0.351 e. The lowest BCUT2D eigenvalue weighted by Gasteiger charge is -2.24. The van der Waals surface area contributed by atoms with E-state index in [1.165, 1.54) is 15.7 Å². The molecule has 178 valence electrons. The Hall–Kier alpha value is -4.60. The van der Waals surface area contributed by atoms with Crippen molar-refractivity contribution in [2.45, 2.75) is 18.9 Å². The lowest BCUT2D eigenvalue weighted by Crippen LogP contribution is -2.45. The first-order valence-corrected chi connectivity index (χ1v) is 11.3. The number of fused-ring (bicyclic) bond motifs is 1. The molecule has 35 heavy (non-hydrogen) atoms. The molecular formula is C25H25N7O3. The van der Waals surface area contributed by atoms with Crippen LogP contribution in [-0.4, -0.2) is 49.8 Å². The lowest BCUT2D eigenvalue weighted by molar-refractivity contribution is -0.119. The summed E-state index contributed by atoms with van der Waals surface area (Å²) >= 11 is 0. The molecule has 0 bridgehead atoms. The number of aromatic nitrogens is 3. The second-order valence-corrected chi connectivity index (χ2v) is 8.44. The minimum Gasteiger partial charge on any atom is -0.351 e. The van der Waals surface area contributed by atoms with E-state index in [0.29, 0.717) is 41.8 Å². The van der Waals surface area contributed by atoms with E-state index in [1.54, 1.807) is 29.9 Å². The van der Waals surface area contributed by atoms with Crippen molar-refractivity contribution in [1.29, 1.82) is 0 Å². The fourth-order valence-corrected chi connectivity index (χ4v) is 4.47. The molecule has 10 nitrogen and oxygen atoms in total. The van der Waals surface area contributed by atoms with E-state index in [9.17, 15) is 14.4 Å². The van der Waals surface area contributed by atoms with Gasteiger partial charge in [-0.2, -0.15) is 5.10 Å². The molecule has 3 heterocycles. The molecule has 0 aliphatic carbocycles. The fourth-order valence-electron chi connectivity index (χ4n) is 4.47. The summed E-state index contributed by atoms with van der Waals surface area (Å²) in [5, 5.41) is 10.9. The highest BCUT2D eigenvalue weighted by Gasteiger charge is 2.35. The molecule has 1 fully saturated rings. The topological polar surface area (TPSA) is 127 Å². The van der Waals surface area contributed by atoms with Gasteiger partial charge in [-0.25, -0.2) is 9.59 Å². The Labute approximate surface area is 201 Å². The first-order chi connectivity index (χ1) is 16.9. The van der Waals surface area contributed by atoms with Crippen molar-refractivity contribution in [3.63, 3.8) is 0 Å². The lowest BCUT2D eigenvalue weighted by atomic mass is 10.1. The summed E-state index contributed by atoms with van der Waals surface area (Å²) in [5.41, 5.74) is 8.21. The highest BCUT2D eigenvalue weighted by atomic mass is 16.2. The van der Waals surface area contributed by atoms with Gasteiger partial charge in [-0.05, 0) is 18.9 Å². The van der Waals surface area contributed by atoms with Gasteiger partial charge in [0.15, 0.2) is 0 Å². The van der Waals surface area contributed by atoms with Crippen molar-refractivity contribution in [1.82, 2.24) is 19.2 Å². The summed E-state index contributed by atoms with van der Waals surface area (Å²) in [5.74, 6) is 0.269. The number of nitrogens with one attached hydrogen (secondary N) is 2. The minimum atomic E-state index is -0.647. The number of rotatable bonds is 4. The van der Waals surface area contributed by atoms with Gasteiger partial charge in [0.05, 0.1) is 16.9 Å². The molecule has 1 aliphatic rings. The molecular weight excluding hydrogens is 446 g/mol. The zero-order valence-corrected chi connectivity index (χ0v) is 19.1. The van der Waals surface area contributed by atoms with E-state index < -0.39 is 18.1 Å². The molecule has 2 aromatic heterocycles. The standard InChI is InChI=1S/C25H25N7O3/c1-30-22(14-18(29-30)16-8-3-2-4-9-16)28-23(33)21-12-7-13-31(21)25(35)27-19-15-32(24(26)34)20-11-6-5-10-17(19)20/h2-6,8-11,14-15,21H,7,12-13H2,1H3,(H2,26,34)(H,27,35)(H,28,33)/t21-/m0/s1. The van der Waals surface area contributed by atoms with Gasteiger partial charge in [-0.3, -0.25) is 14.0 Å². The summed E-state index contributed by atoms with van der Waals surface area (Å²) in [6.07, 6.45) is 2.75. The number of anilines is 2. The van der Waals surface area contributed by atoms with Crippen LogP contribution in [0.4, 0.5) is 21.1 Å². The van der Waals surface area contributed by atoms with Gasteiger partial charge in [0.1, 0.15) is 11.9 Å². The van der Waals surface area contributed by atoms with Crippen LogP contribution in [0, 0.1) is 0 Å². The van der Waals surface area contributed by atoms with Crippen LogP contribution in [0.3, 0.4) is 0 Å². The fraction of sp³-hybridized carbons (Fsp3) is 0.200. The average molecular weight is 472 g/mol. The number of likely N-dealkylation sites (tertiary alicyclic amines) is 1. The molecule has 4 aromatic rings. The van der Waals surface area contributed by atoms with Crippen molar-refractivity contribution in [2.24, 2.45) is 12.8 Å². The number of primary amides is 1. The maximum Gasteiger partial charge on any atom is 0.323 e. The third-order valence-electron chi connectivity index (χ3n) is 6.21. The number of aryl methyl sites for hydroxylation is 1. The van der Waals surface area contributed by atoms with Gasteiger partial charge >= 0.3 is 12.1 Å². The molecule has 1 aliphatic heterocycles. The highest BCUT2D eigenvalue weighted by Crippen LogP contribution is 2.28. The van der Waals surface area contributed by atoms with Crippen LogP contribution in [-0.2, 0) is 11.8 Å². The van der Waals surface area contributed by atoms with Crippen molar-refractivity contribution in [3.8, 4) is 11.3 Å². The van der Waals surface area contributed by atoms with Crippen molar-refractivity contribution >= 4 is 40.4 Å². The summed E-state index contributed by atoms with van der Waals surface area (Å²) in [7, 11) is 1.76. The van der Waals surface area contributed by atoms with Crippen molar-refractivity contribution in [3.05, 3.63) is 66.9 Å². The number of hydrogen-bond acceptors (Lipinski definition) is 4. The number of nitrogens with zero attached hydrogens (tertiary/aromatic N) is 4. The maximum absolute atomic E-state index is 13.2. The Kier molecular flexibility index (Phi) is 5.69. The monoisotopic (exact) mass is 471 g/mol. The Morgan fingerprint density at radius 1 is 1.03 bits per heavy atom. The number of benzene rings is 2. The van der Waals surface area contributed by atoms with Crippen LogP contribution in [0.2, 0.25) is 0 Å². The first-order valence-electron chi connectivity index (χ1n) is 11.3.